The first-order valence-electron chi connectivity index (χ1n) is 9.26. The predicted molar refractivity (Wildman–Crippen MR) is 95.8 cm³/mol. The number of furan rings is 1. The van der Waals surface area contributed by atoms with E-state index in [2.05, 4.69) is 37.0 Å². The van der Waals surface area contributed by atoms with E-state index in [-0.39, 0.29) is 5.76 Å². The number of aryl methyl sites for hydroxylation is 1. The Kier molecular flexibility index (Phi) is 2.51. The molecule has 114 valence electrons. The first-order valence-corrected chi connectivity index (χ1v) is 7.76. The number of para-hydroxylation sites is 1. The van der Waals surface area contributed by atoms with Crippen molar-refractivity contribution in [1.29, 1.82) is 0 Å². The van der Waals surface area contributed by atoms with Crippen LogP contribution in [0.25, 0.3) is 33.0 Å². The molecule has 0 bridgehead atoms. The van der Waals surface area contributed by atoms with Crippen LogP contribution in [-0.2, 0) is 0 Å². The highest BCUT2D eigenvalue weighted by atomic mass is 16.3. The molecule has 0 saturated carbocycles. The van der Waals surface area contributed by atoms with Gasteiger partial charge in [0.1, 0.15) is 11.3 Å². The van der Waals surface area contributed by atoms with Crippen LogP contribution in [0.4, 0.5) is 0 Å². The van der Waals surface area contributed by atoms with E-state index in [9.17, 15) is 0 Å². The number of benzene rings is 2. The molecule has 4 rings (SSSR count). The highest BCUT2D eigenvalue weighted by Gasteiger charge is 2.13. The SMILES string of the molecule is [2H]C([2H])([2H])c1cc2cccc(-c3nccc4cc(C(C)C)ccc34)c2o1. The number of rotatable bonds is 2. The van der Waals surface area contributed by atoms with Crippen molar-refractivity contribution in [3.8, 4) is 11.3 Å². The molecule has 0 aliphatic carbocycles. The molecular weight excluding hydrogens is 282 g/mol. The summed E-state index contributed by atoms with van der Waals surface area (Å²) in [7, 11) is 0. The molecule has 0 saturated heterocycles. The minimum atomic E-state index is -2.27. The number of fused-ring (bicyclic) bond motifs is 2. The highest BCUT2D eigenvalue weighted by molar-refractivity contribution is 6.02. The smallest absolute Gasteiger partial charge is 0.143 e. The van der Waals surface area contributed by atoms with Crippen LogP contribution in [0, 0.1) is 6.85 Å². The lowest BCUT2D eigenvalue weighted by Gasteiger charge is -2.10. The van der Waals surface area contributed by atoms with Crippen LogP contribution in [0.15, 0.2) is 59.1 Å². The quantitative estimate of drug-likeness (QED) is 0.448. The molecule has 2 aromatic heterocycles. The Labute approximate surface area is 140 Å². The summed E-state index contributed by atoms with van der Waals surface area (Å²) >= 11 is 0. The molecule has 0 N–H and O–H groups in total. The summed E-state index contributed by atoms with van der Waals surface area (Å²) in [5, 5.41) is 2.91. The van der Waals surface area contributed by atoms with E-state index >= 15 is 0 Å². The Morgan fingerprint density at radius 1 is 1.04 bits per heavy atom. The van der Waals surface area contributed by atoms with Crippen molar-refractivity contribution < 1.29 is 8.53 Å². The molecule has 0 aliphatic rings. The molecule has 2 heterocycles. The Hall–Kier alpha value is -2.61. The normalized spacial score (nSPS) is 14.1. The van der Waals surface area contributed by atoms with Gasteiger partial charge in [0, 0.05) is 26.6 Å². The first-order chi connectivity index (χ1) is 12.3. The van der Waals surface area contributed by atoms with Gasteiger partial charge in [0.2, 0.25) is 0 Å². The minimum Gasteiger partial charge on any atom is -0.461 e. The third-order valence-electron chi connectivity index (χ3n) is 4.25. The van der Waals surface area contributed by atoms with E-state index < -0.39 is 6.85 Å². The minimum absolute atomic E-state index is 0.00211. The summed E-state index contributed by atoms with van der Waals surface area (Å²) in [5.74, 6) is 0.452. The summed E-state index contributed by atoms with van der Waals surface area (Å²) in [6.07, 6.45) is 1.79. The van der Waals surface area contributed by atoms with Gasteiger partial charge in [-0.15, -0.1) is 0 Å². The third kappa shape index (κ3) is 2.31. The maximum absolute atomic E-state index is 7.60. The average Bonchev–Trinajstić information content (AvgIpc) is 3.05. The molecule has 0 unspecified atom stereocenters. The van der Waals surface area contributed by atoms with Crippen LogP contribution in [-0.4, -0.2) is 4.98 Å². The van der Waals surface area contributed by atoms with Crippen molar-refractivity contribution >= 4 is 21.7 Å². The fourth-order valence-corrected chi connectivity index (χ4v) is 3.02. The second kappa shape index (κ2) is 5.24. The monoisotopic (exact) mass is 304 g/mol. The number of hydrogen-bond acceptors (Lipinski definition) is 2. The summed E-state index contributed by atoms with van der Waals surface area (Å²) < 4.78 is 28.5. The molecule has 0 spiro atoms. The topological polar surface area (TPSA) is 26.0 Å². The summed E-state index contributed by atoms with van der Waals surface area (Å²) in [4.78, 5) is 4.57. The zero-order chi connectivity index (χ0) is 18.5. The standard InChI is InChI=1S/C21H19NO/c1-13(2)15-7-8-18-16(12-15)9-10-22-20(18)19-6-4-5-17-11-14(3)23-21(17)19/h4-13H,1-3H3/i3D3. The molecule has 4 aromatic rings. The van der Waals surface area contributed by atoms with Crippen molar-refractivity contribution in [2.24, 2.45) is 0 Å². The molecule has 23 heavy (non-hydrogen) atoms. The molecule has 0 atom stereocenters. The maximum Gasteiger partial charge on any atom is 0.143 e. The van der Waals surface area contributed by atoms with E-state index in [1.807, 2.05) is 24.3 Å². The van der Waals surface area contributed by atoms with Crippen LogP contribution < -0.4 is 0 Å². The van der Waals surface area contributed by atoms with Crippen molar-refractivity contribution in [3.05, 3.63) is 66.1 Å². The van der Waals surface area contributed by atoms with Crippen molar-refractivity contribution in [3.63, 3.8) is 0 Å². The van der Waals surface area contributed by atoms with Gasteiger partial charge < -0.3 is 4.42 Å². The molecule has 0 amide bonds. The molecule has 2 heteroatoms. The zero-order valence-electron chi connectivity index (χ0n) is 16.1. The Morgan fingerprint density at radius 2 is 1.96 bits per heavy atom. The highest BCUT2D eigenvalue weighted by Crippen LogP contribution is 2.34. The van der Waals surface area contributed by atoms with E-state index in [1.54, 1.807) is 12.3 Å². The molecule has 0 aliphatic heterocycles. The molecule has 2 aromatic carbocycles. The van der Waals surface area contributed by atoms with Gasteiger partial charge in [-0.1, -0.05) is 44.2 Å². The van der Waals surface area contributed by atoms with Crippen LogP contribution in [0.3, 0.4) is 0 Å². The lowest BCUT2D eigenvalue weighted by atomic mass is 9.97. The largest absolute Gasteiger partial charge is 0.461 e. The van der Waals surface area contributed by atoms with E-state index in [0.29, 0.717) is 11.5 Å². The third-order valence-corrected chi connectivity index (χ3v) is 4.25. The van der Waals surface area contributed by atoms with Gasteiger partial charge in [0.25, 0.3) is 0 Å². The van der Waals surface area contributed by atoms with Crippen molar-refractivity contribution in [2.45, 2.75) is 26.6 Å². The van der Waals surface area contributed by atoms with Crippen LogP contribution in [0.1, 0.15) is 35.2 Å². The fraction of sp³-hybridized carbons (Fsp3) is 0.190. The summed E-state index contributed by atoms with van der Waals surface area (Å²) in [6.45, 7) is 2.07. The maximum atomic E-state index is 7.60. The van der Waals surface area contributed by atoms with E-state index in [4.69, 9.17) is 8.53 Å². The lowest BCUT2D eigenvalue weighted by Crippen LogP contribution is -1.90. The molecule has 0 fully saturated rings. The predicted octanol–water partition coefficient (Wildman–Crippen LogP) is 6.08. The van der Waals surface area contributed by atoms with E-state index in [0.717, 1.165) is 27.4 Å². The molecular formula is C21H19NO. The first kappa shape index (κ1) is 11.0. The van der Waals surface area contributed by atoms with Crippen molar-refractivity contribution in [1.82, 2.24) is 4.98 Å². The van der Waals surface area contributed by atoms with Crippen LogP contribution in [0.5, 0.6) is 0 Å². The Morgan fingerprint density at radius 3 is 2.78 bits per heavy atom. The number of hydrogen-bond donors (Lipinski definition) is 0. The van der Waals surface area contributed by atoms with Gasteiger partial charge in [-0.3, -0.25) is 4.98 Å². The fourth-order valence-electron chi connectivity index (χ4n) is 3.02. The second-order valence-electron chi connectivity index (χ2n) is 6.13. The van der Waals surface area contributed by atoms with Crippen LogP contribution in [0.2, 0.25) is 0 Å². The van der Waals surface area contributed by atoms with Gasteiger partial charge in [-0.2, -0.15) is 0 Å². The number of aromatic nitrogens is 1. The zero-order valence-corrected chi connectivity index (χ0v) is 13.1. The number of pyridine rings is 1. The van der Waals surface area contributed by atoms with Gasteiger partial charge in [0.05, 0.1) is 5.69 Å². The molecule has 2 nitrogen and oxygen atoms in total. The van der Waals surface area contributed by atoms with Gasteiger partial charge >= 0.3 is 0 Å². The Balaban J connectivity index is 1.97. The average molecular weight is 304 g/mol. The Bertz CT molecular complexity index is 1110. The van der Waals surface area contributed by atoms with Gasteiger partial charge in [-0.25, -0.2) is 0 Å². The van der Waals surface area contributed by atoms with E-state index in [1.165, 1.54) is 5.56 Å². The summed E-state index contributed by atoms with van der Waals surface area (Å²) in [5.41, 5.74) is 3.44. The summed E-state index contributed by atoms with van der Waals surface area (Å²) in [6, 6.07) is 15.7. The lowest BCUT2D eigenvalue weighted by molar-refractivity contribution is 0.579. The van der Waals surface area contributed by atoms with Gasteiger partial charge in [0.15, 0.2) is 0 Å². The van der Waals surface area contributed by atoms with Crippen LogP contribution >= 0.6 is 0 Å². The van der Waals surface area contributed by atoms with Crippen molar-refractivity contribution in [2.75, 3.05) is 0 Å². The van der Waals surface area contributed by atoms with Gasteiger partial charge in [-0.05, 0) is 41.9 Å². The second-order valence-corrected chi connectivity index (χ2v) is 6.13. The number of nitrogens with zero attached hydrogens (tertiary/aromatic N) is 1. The molecule has 0 radical (unpaired) electrons.